The molecule has 0 unspecified atom stereocenters. The van der Waals surface area contributed by atoms with Crippen LogP contribution >= 0.6 is 0 Å². The molecule has 0 N–H and O–H groups in total. The summed E-state index contributed by atoms with van der Waals surface area (Å²) in [7, 11) is 4.36. The van der Waals surface area contributed by atoms with Crippen molar-refractivity contribution < 1.29 is 0 Å². The van der Waals surface area contributed by atoms with Crippen LogP contribution in [0.4, 0.5) is 22.7 Å². The van der Waals surface area contributed by atoms with Gasteiger partial charge in [0.1, 0.15) is 0 Å². The predicted molar refractivity (Wildman–Crippen MR) is 101 cm³/mol. The number of anilines is 4. The average molecular weight is 312 g/mol. The molecule has 0 atom stereocenters. The van der Waals surface area contributed by atoms with Crippen molar-refractivity contribution in [2.45, 2.75) is 12.8 Å². The molecule has 2 aliphatic heterocycles. The summed E-state index contributed by atoms with van der Waals surface area (Å²) in [6, 6.07) is 22.3. The fourth-order valence-electron chi connectivity index (χ4n) is 4.23. The average Bonchev–Trinajstić information content (AvgIpc) is 2.61. The van der Waals surface area contributed by atoms with Gasteiger partial charge < -0.3 is 9.80 Å². The Morgan fingerprint density at radius 3 is 1.50 bits per heavy atom. The second kappa shape index (κ2) is 4.88. The fraction of sp³-hybridized carbons (Fsp3) is 0.182. The van der Waals surface area contributed by atoms with Crippen molar-refractivity contribution in [3.63, 3.8) is 0 Å². The lowest BCUT2D eigenvalue weighted by Crippen LogP contribution is -2.23. The quantitative estimate of drug-likeness (QED) is 0.574. The minimum absolute atomic E-state index is 1.02. The first-order chi connectivity index (χ1) is 11.7. The van der Waals surface area contributed by atoms with Gasteiger partial charge in [0, 0.05) is 49.7 Å². The van der Waals surface area contributed by atoms with Gasteiger partial charge in [0.15, 0.2) is 0 Å². The van der Waals surface area contributed by atoms with Crippen LogP contribution in [0.25, 0.3) is 0 Å². The molecule has 0 aromatic heterocycles. The normalized spacial score (nSPS) is 14.6. The van der Waals surface area contributed by atoms with Gasteiger partial charge in [-0.2, -0.15) is 0 Å². The molecule has 0 saturated carbocycles. The van der Waals surface area contributed by atoms with E-state index in [1.54, 1.807) is 0 Å². The van der Waals surface area contributed by atoms with Crippen LogP contribution in [0.1, 0.15) is 22.3 Å². The van der Waals surface area contributed by atoms with Crippen molar-refractivity contribution in [2.75, 3.05) is 23.9 Å². The van der Waals surface area contributed by atoms with E-state index in [4.69, 9.17) is 0 Å². The summed E-state index contributed by atoms with van der Waals surface area (Å²) in [6.07, 6.45) is 2.04. The number of hydrogen-bond donors (Lipinski definition) is 0. The molecule has 0 radical (unpaired) electrons. The van der Waals surface area contributed by atoms with Gasteiger partial charge in [-0.15, -0.1) is 0 Å². The van der Waals surface area contributed by atoms with E-state index in [0.717, 1.165) is 12.8 Å². The van der Waals surface area contributed by atoms with E-state index in [1.165, 1.54) is 45.0 Å². The number of hydrogen-bond acceptors (Lipinski definition) is 2. The highest BCUT2D eigenvalue weighted by molar-refractivity contribution is 5.82. The van der Waals surface area contributed by atoms with E-state index in [1.807, 2.05) is 0 Å². The predicted octanol–water partition coefficient (Wildman–Crippen LogP) is 5.03. The third-order valence-corrected chi connectivity index (χ3v) is 5.47. The second-order valence-corrected chi connectivity index (χ2v) is 6.84. The summed E-state index contributed by atoms with van der Waals surface area (Å²) >= 11 is 0. The number of nitrogens with zero attached hydrogens (tertiary/aromatic N) is 2. The molecule has 2 heterocycles. The van der Waals surface area contributed by atoms with E-state index in [-0.39, 0.29) is 0 Å². The minimum Gasteiger partial charge on any atom is -0.344 e. The molecule has 0 aliphatic carbocycles. The molecule has 0 fully saturated rings. The zero-order valence-electron chi connectivity index (χ0n) is 14.1. The van der Waals surface area contributed by atoms with E-state index in [0.29, 0.717) is 0 Å². The Morgan fingerprint density at radius 2 is 1.00 bits per heavy atom. The maximum absolute atomic E-state index is 2.42. The maximum Gasteiger partial charge on any atom is 0.0465 e. The third-order valence-electron chi connectivity index (χ3n) is 5.47. The van der Waals surface area contributed by atoms with Crippen LogP contribution in [0, 0.1) is 0 Å². The van der Waals surface area contributed by atoms with E-state index < -0.39 is 0 Å². The minimum atomic E-state index is 1.02. The van der Waals surface area contributed by atoms with Gasteiger partial charge in [0.2, 0.25) is 0 Å². The van der Waals surface area contributed by atoms with Gasteiger partial charge in [-0.1, -0.05) is 42.5 Å². The van der Waals surface area contributed by atoms with Gasteiger partial charge in [0.25, 0.3) is 0 Å². The highest BCUT2D eigenvalue weighted by Crippen LogP contribution is 2.44. The maximum atomic E-state index is 2.42. The molecule has 5 rings (SSSR count). The molecule has 3 aromatic rings. The Balaban J connectivity index is 1.67. The summed E-state index contributed by atoms with van der Waals surface area (Å²) in [5, 5.41) is 0. The first-order valence-corrected chi connectivity index (χ1v) is 8.51. The van der Waals surface area contributed by atoms with Crippen molar-refractivity contribution >= 4 is 22.7 Å². The zero-order chi connectivity index (χ0) is 16.3. The lowest BCUT2D eigenvalue weighted by atomic mass is 9.89. The van der Waals surface area contributed by atoms with Crippen molar-refractivity contribution in [3.05, 3.63) is 82.9 Å². The van der Waals surface area contributed by atoms with Gasteiger partial charge in [-0.05, 0) is 40.5 Å². The lowest BCUT2D eigenvalue weighted by molar-refractivity contribution is 1.01. The summed E-state index contributed by atoms with van der Waals surface area (Å²) in [4.78, 5) is 4.67. The lowest BCUT2D eigenvalue weighted by Gasteiger charge is -2.35. The van der Waals surface area contributed by atoms with Crippen LogP contribution in [-0.4, -0.2) is 14.1 Å². The Bertz CT molecular complexity index is 883. The largest absolute Gasteiger partial charge is 0.344 e. The topological polar surface area (TPSA) is 6.48 Å². The first-order valence-electron chi connectivity index (χ1n) is 8.51. The molecular weight excluding hydrogens is 292 g/mol. The van der Waals surface area contributed by atoms with E-state index in [9.17, 15) is 0 Å². The smallest absolute Gasteiger partial charge is 0.0465 e. The molecule has 2 aliphatic rings. The number of benzene rings is 3. The molecule has 3 aromatic carbocycles. The summed E-state index contributed by atoms with van der Waals surface area (Å²) < 4.78 is 0. The molecule has 0 spiro atoms. The van der Waals surface area contributed by atoms with Gasteiger partial charge in [-0.25, -0.2) is 0 Å². The van der Waals surface area contributed by atoms with Crippen LogP contribution in [0.15, 0.2) is 60.7 Å². The Hall–Kier alpha value is -2.74. The standard InChI is InChI=1S/C22H20N2/c1-23-19-9-5-3-7-15(19)11-17-13-18-12-16-8-4-6-10-20(16)24(2)22(18)14-21(17)23/h3-10,13-14H,11-12H2,1-2H3. The molecule has 0 bridgehead atoms. The summed E-state index contributed by atoms with van der Waals surface area (Å²) in [6.45, 7) is 0. The summed E-state index contributed by atoms with van der Waals surface area (Å²) in [5.41, 5.74) is 11.0. The molecule has 0 saturated heterocycles. The number of rotatable bonds is 0. The Morgan fingerprint density at radius 1 is 0.542 bits per heavy atom. The van der Waals surface area contributed by atoms with Gasteiger partial charge in [-0.3, -0.25) is 0 Å². The molecule has 2 heteroatoms. The van der Waals surface area contributed by atoms with E-state index in [2.05, 4.69) is 84.6 Å². The van der Waals surface area contributed by atoms with E-state index >= 15 is 0 Å². The second-order valence-electron chi connectivity index (χ2n) is 6.84. The molecular formula is C22H20N2. The van der Waals surface area contributed by atoms with Crippen LogP contribution < -0.4 is 9.80 Å². The SMILES string of the molecule is CN1c2ccccc2Cc2cc3c(cc21)N(C)c1ccccc1C3. The summed E-state index contributed by atoms with van der Waals surface area (Å²) in [5.74, 6) is 0. The van der Waals surface area contributed by atoms with Gasteiger partial charge in [0.05, 0.1) is 0 Å². The van der Waals surface area contributed by atoms with Crippen LogP contribution in [0.5, 0.6) is 0 Å². The van der Waals surface area contributed by atoms with Crippen LogP contribution in [0.2, 0.25) is 0 Å². The molecule has 24 heavy (non-hydrogen) atoms. The highest BCUT2D eigenvalue weighted by atomic mass is 15.1. The number of para-hydroxylation sites is 2. The molecule has 118 valence electrons. The van der Waals surface area contributed by atoms with Crippen LogP contribution in [0.3, 0.4) is 0 Å². The van der Waals surface area contributed by atoms with Gasteiger partial charge >= 0.3 is 0 Å². The Labute approximate surface area is 143 Å². The fourth-order valence-corrected chi connectivity index (χ4v) is 4.23. The zero-order valence-corrected chi connectivity index (χ0v) is 14.1. The third kappa shape index (κ3) is 1.83. The van der Waals surface area contributed by atoms with Crippen molar-refractivity contribution in [1.82, 2.24) is 0 Å². The Kier molecular flexibility index (Phi) is 2.78. The van der Waals surface area contributed by atoms with Crippen molar-refractivity contribution in [3.8, 4) is 0 Å². The first kappa shape index (κ1) is 13.7. The van der Waals surface area contributed by atoms with Crippen LogP contribution in [-0.2, 0) is 12.8 Å². The van der Waals surface area contributed by atoms with Crippen molar-refractivity contribution in [1.29, 1.82) is 0 Å². The molecule has 2 nitrogen and oxygen atoms in total. The monoisotopic (exact) mass is 312 g/mol. The highest BCUT2D eigenvalue weighted by Gasteiger charge is 2.25. The van der Waals surface area contributed by atoms with Crippen molar-refractivity contribution in [2.24, 2.45) is 0 Å². The number of fused-ring (bicyclic) bond motifs is 4. The molecule has 0 amide bonds.